The monoisotopic (exact) mass is 943 g/mol. The highest BCUT2D eigenvalue weighted by Crippen LogP contribution is 2.43. The number of benzene rings is 4. The lowest BCUT2D eigenvalue weighted by Gasteiger charge is -2.44. The summed E-state index contributed by atoms with van der Waals surface area (Å²) in [4.78, 5) is 53.5. The molecular formula is C50H65N3O13Si. The third-order valence-corrected chi connectivity index (χ3v) is 11.6. The lowest BCUT2D eigenvalue weighted by Crippen LogP contribution is -2.55. The van der Waals surface area contributed by atoms with Gasteiger partial charge in [0.15, 0.2) is 14.6 Å². The largest absolute Gasteiger partial charge is 0.464 e. The van der Waals surface area contributed by atoms with E-state index in [-0.39, 0.29) is 13.2 Å². The third kappa shape index (κ3) is 16.1. The van der Waals surface area contributed by atoms with Gasteiger partial charge >= 0.3 is 11.9 Å². The molecule has 16 nitrogen and oxygen atoms in total. The van der Waals surface area contributed by atoms with E-state index >= 15 is 0 Å². The SMILES string of the molecule is CCC=O.CCOC(=O)C(O)/C(=C\c1ccccc1)[N+](=O)[O-].CCOC(=O)[C@@H]1O[C@@H](O)[C@H](C)[C@@H](c2ccccc2)[C@@H]1[N+](=O)[O-].C[Si](C)(C)OC(c1ccccc1)(c1ccccc1)[C@@H]1CCCN1. The maximum atomic E-state index is 12.0. The Labute approximate surface area is 393 Å². The molecule has 0 aromatic heterocycles. The summed E-state index contributed by atoms with van der Waals surface area (Å²) in [5.74, 6) is -3.02. The van der Waals surface area contributed by atoms with Crippen molar-refractivity contribution in [1.82, 2.24) is 5.32 Å². The van der Waals surface area contributed by atoms with E-state index in [0.29, 0.717) is 23.6 Å². The molecule has 0 aliphatic carbocycles. The van der Waals surface area contributed by atoms with Gasteiger partial charge < -0.3 is 39.0 Å². The first-order chi connectivity index (χ1) is 32.0. The van der Waals surface area contributed by atoms with Crippen LogP contribution in [0.3, 0.4) is 0 Å². The molecule has 1 unspecified atom stereocenters. The van der Waals surface area contributed by atoms with Crippen molar-refractivity contribution in [2.24, 2.45) is 5.92 Å². The van der Waals surface area contributed by atoms with Crippen molar-refractivity contribution in [3.8, 4) is 0 Å². The van der Waals surface area contributed by atoms with Gasteiger partial charge in [0.2, 0.25) is 12.2 Å². The molecule has 2 aliphatic heterocycles. The molecule has 0 spiro atoms. The van der Waals surface area contributed by atoms with Gasteiger partial charge in [0.1, 0.15) is 11.9 Å². The minimum Gasteiger partial charge on any atom is -0.464 e. The zero-order valence-corrected chi connectivity index (χ0v) is 40.3. The van der Waals surface area contributed by atoms with Gasteiger partial charge in [0.05, 0.1) is 24.1 Å². The summed E-state index contributed by atoms with van der Waals surface area (Å²) in [5, 5.41) is 45.7. The van der Waals surface area contributed by atoms with Crippen molar-refractivity contribution in [2.45, 2.75) is 109 Å². The van der Waals surface area contributed by atoms with E-state index in [1.807, 2.05) is 6.92 Å². The number of carbonyl (C=O) groups excluding carboxylic acids is 3. The van der Waals surface area contributed by atoms with E-state index in [0.717, 1.165) is 25.3 Å². The summed E-state index contributed by atoms with van der Waals surface area (Å²) in [6, 6.07) is 37.7. The summed E-state index contributed by atoms with van der Waals surface area (Å²) in [5.41, 5.74) is 2.71. The van der Waals surface area contributed by atoms with Crippen molar-refractivity contribution in [3.63, 3.8) is 0 Å². The summed E-state index contributed by atoms with van der Waals surface area (Å²) >= 11 is 0. The first-order valence-corrected chi connectivity index (χ1v) is 25.8. The van der Waals surface area contributed by atoms with Gasteiger partial charge in [0, 0.05) is 29.4 Å². The molecule has 7 atom stereocenters. The van der Waals surface area contributed by atoms with Crippen LogP contribution in [-0.4, -0.2) is 96.9 Å². The Bertz CT molecular complexity index is 2110. The average molecular weight is 944 g/mol. The first-order valence-electron chi connectivity index (χ1n) is 22.4. The fraction of sp³-hybridized carbons (Fsp3) is 0.420. The highest BCUT2D eigenvalue weighted by Gasteiger charge is 2.54. The lowest BCUT2D eigenvalue weighted by molar-refractivity contribution is -0.549. The lowest BCUT2D eigenvalue weighted by atomic mass is 9.77. The fourth-order valence-electron chi connectivity index (χ4n) is 7.81. The van der Waals surface area contributed by atoms with E-state index in [9.17, 15) is 44.8 Å². The van der Waals surface area contributed by atoms with E-state index in [1.54, 1.807) is 81.4 Å². The Morgan fingerprint density at radius 1 is 0.851 bits per heavy atom. The molecule has 0 amide bonds. The molecular weight excluding hydrogens is 879 g/mol. The van der Waals surface area contributed by atoms with Crippen LogP contribution < -0.4 is 5.32 Å². The molecule has 4 aromatic carbocycles. The first kappa shape index (κ1) is 55.4. The molecule has 4 aromatic rings. The number of hydrogen-bond donors (Lipinski definition) is 3. The number of aliphatic hydroxyl groups is 2. The van der Waals surface area contributed by atoms with Crippen molar-refractivity contribution >= 4 is 32.6 Å². The standard InChI is InChI=1S/C20H27NOSi.C15H19NO6.C12H13NO5.C3H6O/c1-23(2,3)22-20(19-15-10-16-21-19,17-11-6-4-7-12-17)18-13-8-5-9-14-18;1-3-21-15(18)13-12(16(19)20)11(9(2)14(17)22-13)10-7-5-4-6-8-10;1-2-18-12(15)11(14)10(13(16)17)8-9-6-4-3-5-7-9;1-2-3-4/h4-9,11-14,19,21H,10,15-16H2,1-3H3;4-9,11-14,17H,3H2,1-2H3;3-8,11,14H,2H2,1H3;3H,2H2,1H3/b;;10-8+;/t19-;9-,11+,12+,13-,14-;;/m01../s1. The smallest absolute Gasteiger partial charge is 0.346 e. The van der Waals surface area contributed by atoms with Crippen LogP contribution >= 0.6 is 0 Å². The van der Waals surface area contributed by atoms with Gasteiger partial charge in [-0.3, -0.25) is 20.2 Å². The van der Waals surface area contributed by atoms with Gasteiger partial charge in [-0.2, -0.15) is 0 Å². The number of aliphatic hydroxyl groups excluding tert-OH is 2. The maximum Gasteiger partial charge on any atom is 0.346 e. The number of nitro groups is 2. The molecule has 17 heteroatoms. The summed E-state index contributed by atoms with van der Waals surface area (Å²) in [6.07, 6.45) is 0.430. The summed E-state index contributed by atoms with van der Waals surface area (Å²) in [7, 11) is -1.77. The van der Waals surface area contributed by atoms with E-state index < -0.39 is 77.8 Å². The number of carbonyl (C=O) groups is 3. The third-order valence-electron chi connectivity index (χ3n) is 10.6. The Morgan fingerprint density at radius 2 is 1.34 bits per heavy atom. The normalized spacial score (nSPS) is 20.7. The van der Waals surface area contributed by atoms with Crippen LogP contribution in [0.4, 0.5) is 0 Å². The van der Waals surface area contributed by atoms with Crippen LogP contribution in [0.1, 0.15) is 75.1 Å². The molecule has 2 aliphatic rings. The highest BCUT2D eigenvalue weighted by molar-refractivity contribution is 6.69. The zero-order valence-electron chi connectivity index (χ0n) is 39.3. The molecule has 2 fully saturated rings. The quantitative estimate of drug-likeness (QED) is 0.0342. The number of nitrogens with zero attached hydrogens (tertiary/aromatic N) is 2. The Kier molecular flexibility index (Phi) is 22.8. The minimum atomic E-state index is -1.89. The number of aldehydes is 1. The van der Waals surface area contributed by atoms with Gasteiger partial charge in [-0.1, -0.05) is 135 Å². The number of hydrogen-bond acceptors (Lipinski definition) is 14. The Balaban J connectivity index is 0.000000258. The summed E-state index contributed by atoms with van der Waals surface area (Å²) < 4.78 is 21.5. The number of rotatable bonds is 15. The topological polar surface area (TPSA) is 227 Å². The van der Waals surface area contributed by atoms with Gasteiger partial charge in [-0.05, 0) is 75.1 Å². The highest BCUT2D eigenvalue weighted by atomic mass is 28.4. The van der Waals surface area contributed by atoms with Crippen molar-refractivity contribution in [3.05, 3.63) is 170 Å². The molecule has 0 saturated carbocycles. The molecule has 2 saturated heterocycles. The summed E-state index contributed by atoms with van der Waals surface area (Å²) in [6.45, 7) is 14.7. The van der Waals surface area contributed by atoms with Crippen LogP contribution in [-0.2, 0) is 38.6 Å². The van der Waals surface area contributed by atoms with E-state index in [2.05, 4.69) is 90.4 Å². The number of ether oxygens (including phenoxy) is 3. The van der Waals surface area contributed by atoms with Crippen molar-refractivity contribution in [2.75, 3.05) is 19.8 Å². The predicted octanol–water partition coefficient (Wildman–Crippen LogP) is 7.69. The predicted molar refractivity (Wildman–Crippen MR) is 256 cm³/mol. The molecule has 67 heavy (non-hydrogen) atoms. The minimum absolute atomic E-state index is 0.0478. The second-order valence-corrected chi connectivity index (χ2v) is 21.0. The Hall–Kier alpha value is -5.95. The zero-order chi connectivity index (χ0) is 49.6. The van der Waals surface area contributed by atoms with Crippen molar-refractivity contribution < 1.29 is 53.1 Å². The van der Waals surface area contributed by atoms with E-state index in [4.69, 9.17) is 13.9 Å². The number of esters is 2. The fourth-order valence-corrected chi connectivity index (χ4v) is 9.15. The molecule has 362 valence electrons. The molecule has 0 bridgehead atoms. The molecule has 6 rings (SSSR count). The van der Waals surface area contributed by atoms with Crippen LogP contribution in [0.15, 0.2) is 127 Å². The Morgan fingerprint density at radius 3 is 1.76 bits per heavy atom. The molecule has 0 radical (unpaired) electrons. The van der Waals surface area contributed by atoms with Gasteiger partial charge in [-0.25, -0.2) is 9.59 Å². The van der Waals surface area contributed by atoms with Gasteiger partial charge in [0.25, 0.3) is 11.7 Å². The second-order valence-electron chi connectivity index (χ2n) is 16.6. The van der Waals surface area contributed by atoms with Crippen LogP contribution in [0.25, 0.3) is 6.08 Å². The van der Waals surface area contributed by atoms with Gasteiger partial charge in [-0.15, -0.1) is 0 Å². The molecule has 2 heterocycles. The average Bonchev–Trinajstić information content (AvgIpc) is 3.88. The van der Waals surface area contributed by atoms with Crippen molar-refractivity contribution in [1.29, 1.82) is 0 Å². The number of nitrogens with one attached hydrogen (secondary N) is 1. The van der Waals surface area contributed by atoms with Crippen LogP contribution in [0.2, 0.25) is 19.6 Å². The maximum absolute atomic E-state index is 12.0. The molecule has 3 N–H and O–H groups in total. The van der Waals surface area contributed by atoms with Crippen LogP contribution in [0.5, 0.6) is 0 Å². The van der Waals surface area contributed by atoms with Crippen LogP contribution in [0, 0.1) is 26.1 Å². The second kappa shape index (κ2) is 27.6. The van der Waals surface area contributed by atoms with E-state index in [1.165, 1.54) is 17.5 Å².